The minimum atomic E-state index is 0.762. The van der Waals surface area contributed by atoms with Crippen molar-refractivity contribution in [3.63, 3.8) is 0 Å². The first-order chi connectivity index (χ1) is 7.84. The number of nitrogens with one attached hydrogen (secondary N) is 1. The van der Waals surface area contributed by atoms with Crippen molar-refractivity contribution < 1.29 is 0 Å². The Morgan fingerprint density at radius 2 is 2.06 bits per heavy atom. The Morgan fingerprint density at radius 3 is 2.88 bits per heavy atom. The number of nitrogens with zero attached hydrogens (tertiary/aromatic N) is 1. The van der Waals surface area contributed by atoms with E-state index in [9.17, 15) is 0 Å². The van der Waals surface area contributed by atoms with Crippen molar-refractivity contribution in [2.24, 2.45) is 0 Å². The van der Waals surface area contributed by atoms with Gasteiger partial charge in [0.15, 0.2) is 0 Å². The smallest absolute Gasteiger partial charge is 0.0370 e. The molecule has 1 aliphatic carbocycles. The molecule has 1 aliphatic heterocycles. The van der Waals surface area contributed by atoms with Crippen LogP contribution in [0.25, 0.3) is 0 Å². The van der Waals surface area contributed by atoms with Gasteiger partial charge < -0.3 is 10.2 Å². The molecule has 1 heterocycles. The molecule has 0 amide bonds. The zero-order chi connectivity index (χ0) is 11.0. The van der Waals surface area contributed by atoms with E-state index in [1.54, 1.807) is 11.1 Å². The molecule has 1 aromatic rings. The molecular weight excluding hydrogens is 196 g/mol. The van der Waals surface area contributed by atoms with Crippen LogP contribution >= 0.6 is 0 Å². The first-order valence-corrected chi connectivity index (χ1v) is 6.43. The van der Waals surface area contributed by atoms with E-state index in [2.05, 4.69) is 35.3 Å². The molecule has 1 fully saturated rings. The van der Waals surface area contributed by atoms with Crippen LogP contribution in [-0.4, -0.2) is 26.2 Å². The first kappa shape index (κ1) is 10.2. The average Bonchev–Trinajstić information content (AvgIpc) is 2.72. The van der Waals surface area contributed by atoms with Gasteiger partial charge in [0.25, 0.3) is 0 Å². The molecule has 1 atom stereocenters. The summed E-state index contributed by atoms with van der Waals surface area (Å²) in [5.74, 6) is 0.762. The maximum atomic E-state index is 3.40. The average molecular weight is 216 g/mol. The standard InChI is InChI=1S/C14H20N2/c1-11-2-3-12-4-5-13(10-14(11)12)16-8-6-15-7-9-16/h4-5,10-11,15H,2-3,6-9H2,1H3. The molecule has 16 heavy (non-hydrogen) atoms. The minimum absolute atomic E-state index is 0.762. The number of piperazine rings is 1. The van der Waals surface area contributed by atoms with Gasteiger partial charge in [0, 0.05) is 31.9 Å². The van der Waals surface area contributed by atoms with Crippen LogP contribution in [0.2, 0.25) is 0 Å². The van der Waals surface area contributed by atoms with Gasteiger partial charge in [-0.1, -0.05) is 13.0 Å². The van der Waals surface area contributed by atoms with Crippen LogP contribution in [0.1, 0.15) is 30.4 Å². The number of anilines is 1. The number of aryl methyl sites for hydroxylation is 1. The molecule has 1 N–H and O–H groups in total. The summed E-state index contributed by atoms with van der Waals surface area (Å²) in [5, 5.41) is 3.40. The molecule has 2 heteroatoms. The van der Waals surface area contributed by atoms with Crippen LogP contribution in [0, 0.1) is 0 Å². The van der Waals surface area contributed by atoms with E-state index in [-0.39, 0.29) is 0 Å². The molecule has 1 aromatic carbocycles. The van der Waals surface area contributed by atoms with Gasteiger partial charge in [0.2, 0.25) is 0 Å². The Kier molecular flexibility index (Phi) is 2.60. The third kappa shape index (κ3) is 1.71. The number of hydrogen-bond donors (Lipinski definition) is 1. The Labute approximate surface area is 97.6 Å². The van der Waals surface area contributed by atoms with Crippen molar-refractivity contribution in [1.82, 2.24) is 5.32 Å². The van der Waals surface area contributed by atoms with E-state index in [0.717, 1.165) is 32.1 Å². The lowest BCUT2D eigenvalue weighted by atomic mass is 10.0. The monoisotopic (exact) mass is 216 g/mol. The Bertz CT molecular complexity index is 380. The van der Waals surface area contributed by atoms with Gasteiger partial charge in [-0.05, 0) is 42.0 Å². The predicted molar refractivity (Wildman–Crippen MR) is 68.3 cm³/mol. The normalized spacial score (nSPS) is 24.6. The second kappa shape index (κ2) is 4.10. The molecule has 0 saturated carbocycles. The second-order valence-electron chi connectivity index (χ2n) is 5.06. The molecule has 2 nitrogen and oxygen atoms in total. The fourth-order valence-electron chi connectivity index (χ4n) is 2.92. The summed E-state index contributed by atoms with van der Waals surface area (Å²) in [6, 6.07) is 7.08. The minimum Gasteiger partial charge on any atom is -0.369 e. The quantitative estimate of drug-likeness (QED) is 0.774. The Hall–Kier alpha value is -1.02. The van der Waals surface area contributed by atoms with Crippen molar-refractivity contribution in [2.75, 3.05) is 31.1 Å². The molecular formula is C14H20N2. The summed E-state index contributed by atoms with van der Waals surface area (Å²) in [6.07, 6.45) is 2.61. The van der Waals surface area contributed by atoms with Gasteiger partial charge in [-0.25, -0.2) is 0 Å². The van der Waals surface area contributed by atoms with Gasteiger partial charge in [0.1, 0.15) is 0 Å². The van der Waals surface area contributed by atoms with Crippen molar-refractivity contribution in [3.05, 3.63) is 29.3 Å². The van der Waals surface area contributed by atoms with Crippen LogP contribution < -0.4 is 10.2 Å². The van der Waals surface area contributed by atoms with Gasteiger partial charge in [0.05, 0.1) is 0 Å². The third-order valence-corrected chi connectivity index (χ3v) is 3.99. The van der Waals surface area contributed by atoms with E-state index in [1.807, 2.05) is 0 Å². The zero-order valence-electron chi connectivity index (χ0n) is 10.00. The van der Waals surface area contributed by atoms with E-state index >= 15 is 0 Å². The van der Waals surface area contributed by atoms with Crippen molar-refractivity contribution in [2.45, 2.75) is 25.7 Å². The highest BCUT2D eigenvalue weighted by atomic mass is 15.2. The molecule has 1 saturated heterocycles. The number of benzene rings is 1. The lowest BCUT2D eigenvalue weighted by Gasteiger charge is -2.30. The SMILES string of the molecule is CC1CCc2ccc(N3CCNCC3)cc21. The predicted octanol–water partition coefficient (Wildman–Crippen LogP) is 2.15. The fraction of sp³-hybridized carbons (Fsp3) is 0.571. The van der Waals surface area contributed by atoms with Crippen LogP contribution in [0.4, 0.5) is 5.69 Å². The Balaban J connectivity index is 1.88. The molecule has 0 radical (unpaired) electrons. The van der Waals surface area contributed by atoms with Crippen LogP contribution in [0.15, 0.2) is 18.2 Å². The maximum absolute atomic E-state index is 3.40. The molecule has 1 unspecified atom stereocenters. The van der Waals surface area contributed by atoms with E-state index < -0.39 is 0 Å². The van der Waals surface area contributed by atoms with Crippen molar-refractivity contribution in [1.29, 1.82) is 0 Å². The van der Waals surface area contributed by atoms with E-state index in [4.69, 9.17) is 0 Å². The second-order valence-corrected chi connectivity index (χ2v) is 5.06. The van der Waals surface area contributed by atoms with E-state index in [1.165, 1.54) is 18.5 Å². The van der Waals surface area contributed by atoms with Crippen LogP contribution in [-0.2, 0) is 6.42 Å². The van der Waals surface area contributed by atoms with Gasteiger partial charge in [-0.15, -0.1) is 0 Å². The lowest BCUT2D eigenvalue weighted by molar-refractivity contribution is 0.589. The van der Waals surface area contributed by atoms with Gasteiger partial charge in [-0.2, -0.15) is 0 Å². The summed E-state index contributed by atoms with van der Waals surface area (Å²) < 4.78 is 0. The number of rotatable bonds is 1. The zero-order valence-corrected chi connectivity index (χ0v) is 10.00. The van der Waals surface area contributed by atoms with Crippen LogP contribution in [0.3, 0.4) is 0 Å². The summed E-state index contributed by atoms with van der Waals surface area (Å²) in [5.41, 5.74) is 4.59. The molecule has 3 rings (SSSR count). The summed E-state index contributed by atoms with van der Waals surface area (Å²) in [6.45, 7) is 6.88. The highest BCUT2D eigenvalue weighted by Gasteiger charge is 2.20. The van der Waals surface area contributed by atoms with Crippen molar-refractivity contribution in [3.8, 4) is 0 Å². The molecule has 0 spiro atoms. The maximum Gasteiger partial charge on any atom is 0.0370 e. The fourth-order valence-corrected chi connectivity index (χ4v) is 2.92. The van der Waals surface area contributed by atoms with Gasteiger partial charge >= 0.3 is 0 Å². The van der Waals surface area contributed by atoms with Crippen molar-refractivity contribution >= 4 is 5.69 Å². The van der Waals surface area contributed by atoms with E-state index in [0.29, 0.717) is 0 Å². The van der Waals surface area contributed by atoms with Gasteiger partial charge in [-0.3, -0.25) is 0 Å². The number of hydrogen-bond acceptors (Lipinski definition) is 2. The first-order valence-electron chi connectivity index (χ1n) is 6.43. The molecule has 0 bridgehead atoms. The highest BCUT2D eigenvalue weighted by molar-refractivity contribution is 5.53. The highest BCUT2D eigenvalue weighted by Crippen LogP contribution is 2.35. The largest absolute Gasteiger partial charge is 0.369 e. The Morgan fingerprint density at radius 1 is 1.25 bits per heavy atom. The molecule has 0 aromatic heterocycles. The summed E-state index contributed by atoms with van der Waals surface area (Å²) in [4.78, 5) is 2.50. The summed E-state index contributed by atoms with van der Waals surface area (Å²) >= 11 is 0. The molecule has 2 aliphatic rings. The third-order valence-electron chi connectivity index (χ3n) is 3.99. The summed E-state index contributed by atoms with van der Waals surface area (Å²) in [7, 11) is 0. The number of fused-ring (bicyclic) bond motifs is 1. The molecule has 86 valence electrons. The topological polar surface area (TPSA) is 15.3 Å². The van der Waals surface area contributed by atoms with Crippen LogP contribution in [0.5, 0.6) is 0 Å². The lowest BCUT2D eigenvalue weighted by Crippen LogP contribution is -2.43.